The number of rotatable bonds is 10. The number of hydrogen-bond acceptors (Lipinski definition) is 11. The average molecular weight is 581 g/mol. The Hall–Kier alpha value is -1.64. The zero-order chi connectivity index (χ0) is 29.6. The van der Waals surface area contributed by atoms with E-state index >= 15 is 0 Å². The highest BCUT2D eigenvalue weighted by molar-refractivity contribution is 5.14. The van der Waals surface area contributed by atoms with Crippen LogP contribution in [0.3, 0.4) is 0 Å². The summed E-state index contributed by atoms with van der Waals surface area (Å²) in [6, 6.07) is 9.85. The van der Waals surface area contributed by atoms with Gasteiger partial charge < -0.3 is 52.1 Å². The van der Waals surface area contributed by atoms with Gasteiger partial charge in [0, 0.05) is 14.2 Å². The lowest BCUT2D eigenvalue weighted by Crippen LogP contribution is -2.64. The van der Waals surface area contributed by atoms with Crippen molar-refractivity contribution >= 4 is 0 Å². The van der Waals surface area contributed by atoms with Crippen LogP contribution in [0, 0.1) is 0 Å². The van der Waals surface area contributed by atoms with Crippen molar-refractivity contribution < 1.29 is 52.1 Å². The molecular formula is C30H44O11. The maximum Gasteiger partial charge on any atom is 0.229 e. The molecule has 0 radical (unpaired) electrons. The highest BCUT2D eigenvalue weighted by Crippen LogP contribution is 2.45. The van der Waals surface area contributed by atoms with Gasteiger partial charge in [-0.3, -0.25) is 0 Å². The normalized spacial score (nSPS) is 36.3. The molecule has 4 aliphatic heterocycles. The van der Waals surface area contributed by atoms with Crippen molar-refractivity contribution in [2.45, 2.75) is 114 Å². The standard InChI is InChI=1S/C30H44O11/c1-18-21-22(40-29(6,7)39-21)23(33-15-19-13-11-10-12-14-19)25(36-18)37-24(20-16-34-27(2,3)38-20)30(26(31-8)32-9)17-35-28(4,5)41-30/h10-14,20-26H,1,15-17H2,2-9H3/t20-,21+,22+,23-,24?,25+,30-/m1/s1. The molecule has 41 heavy (non-hydrogen) atoms. The molecule has 0 saturated carbocycles. The molecule has 4 fully saturated rings. The van der Waals surface area contributed by atoms with E-state index in [1.807, 2.05) is 71.9 Å². The molecule has 11 heteroatoms. The first-order chi connectivity index (χ1) is 19.3. The number of benzene rings is 1. The molecule has 4 aliphatic rings. The molecule has 11 nitrogen and oxygen atoms in total. The van der Waals surface area contributed by atoms with Crippen LogP contribution in [0.15, 0.2) is 42.7 Å². The minimum absolute atomic E-state index is 0.0964. The van der Waals surface area contributed by atoms with E-state index in [2.05, 4.69) is 6.58 Å². The van der Waals surface area contributed by atoms with Gasteiger partial charge in [0.1, 0.15) is 36.3 Å². The maximum absolute atomic E-state index is 6.87. The third-order valence-corrected chi connectivity index (χ3v) is 7.63. The molecule has 230 valence electrons. The number of fused-ring (bicyclic) bond motifs is 1. The molecular weight excluding hydrogens is 536 g/mol. The van der Waals surface area contributed by atoms with Gasteiger partial charge in [0.15, 0.2) is 29.3 Å². The number of ether oxygens (including phenoxy) is 11. The first kappa shape index (κ1) is 30.8. The highest BCUT2D eigenvalue weighted by Gasteiger charge is 2.63. The van der Waals surface area contributed by atoms with E-state index in [4.69, 9.17) is 52.1 Å². The number of hydrogen-bond donors (Lipinski definition) is 0. The third-order valence-electron chi connectivity index (χ3n) is 7.63. The SMILES string of the molecule is C=C1O[C@@H](OC([C@H]2COC(C)(C)O2)[C@@]2(C(OC)OC)COC(C)(C)O2)[C@H](OCc2ccccc2)[C@H]2OC(C)(C)O[C@@H]12. The van der Waals surface area contributed by atoms with Crippen molar-refractivity contribution in [1.82, 2.24) is 0 Å². The minimum Gasteiger partial charge on any atom is -0.464 e. The van der Waals surface area contributed by atoms with Gasteiger partial charge in [-0.05, 0) is 47.1 Å². The van der Waals surface area contributed by atoms with Crippen LogP contribution in [-0.4, -0.2) is 93.5 Å². The van der Waals surface area contributed by atoms with Gasteiger partial charge in [-0.25, -0.2) is 0 Å². The highest BCUT2D eigenvalue weighted by atomic mass is 16.8. The second-order valence-electron chi connectivity index (χ2n) is 12.2. The summed E-state index contributed by atoms with van der Waals surface area (Å²) in [5.74, 6) is -2.30. The summed E-state index contributed by atoms with van der Waals surface area (Å²) < 4.78 is 68.6. The number of methoxy groups -OCH3 is 2. The van der Waals surface area contributed by atoms with Crippen molar-refractivity contribution in [2.24, 2.45) is 0 Å². The van der Waals surface area contributed by atoms with E-state index in [1.165, 1.54) is 0 Å². The van der Waals surface area contributed by atoms with Gasteiger partial charge in [0.2, 0.25) is 6.29 Å². The predicted molar refractivity (Wildman–Crippen MR) is 144 cm³/mol. The molecule has 1 aromatic rings. The zero-order valence-electron chi connectivity index (χ0n) is 25.2. The molecule has 0 spiro atoms. The molecule has 1 aromatic carbocycles. The fourth-order valence-electron chi connectivity index (χ4n) is 5.98. The molecule has 0 aliphatic carbocycles. The summed E-state index contributed by atoms with van der Waals surface area (Å²) in [7, 11) is 3.08. The molecule has 1 unspecified atom stereocenters. The Labute approximate surface area is 242 Å². The lowest BCUT2D eigenvalue weighted by atomic mass is 9.91. The van der Waals surface area contributed by atoms with Crippen LogP contribution < -0.4 is 0 Å². The molecule has 0 bridgehead atoms. The van der Waals surface area contributed by atoms with Gasteiger partial charge in [0.05, 0.1) is 19.8 Å². The quantitative estimate of drug-likeness (QED) is 0.379. The predicted octanol–water partition coefficient (Wildman–Crippen LogP) is 3.64. The summed E-state index contributed by atoms with van der Waals surface area (Å²) in [4.78, 5) is 0. The van der Waals surface area contributed by atoms with Crippen LogP contribution in [0.4, 0.5) is 0 Å². The van der Waals surface area contributed by atoms with Crippen molar-refractivity contribution in [3.05, 3.63) is 48.2 Å². The average Bonchev–Trinajstić information content (AvgIpc) is 3.55. The van der Waals surface area contributed by atoms with Gasteiger partial charge in [-0.2, -0.15) is 0 Å². The molecule has 4 heterocycles. The van der Waals surface area contributed by atoms with E-state index < -0.39 is 66.1 Å². The summed E-state index contributed by atoms with van der Waals surface area (Å²) in [6.07, 6.45) is -5.12. The fraction of sp³-hybridized carbons (Fsp3) is 0.733. The fourth-order valence-corrected chi connectivity index (χ4v) is 5.98. The van der Waals surface area contributed by atoms with Gasteiger partial charge >= 0.3 is 0 Å². The Morgan fingerprint density at radius 2 is 1.61 bits per heavy atom. The van der Waals surface area contributed by atoms with Crippen molar-refractivity contribution in [1.29, 1.82) is 0 Å². The van der Waals surface area contributed by atoms with E-state index in [9.17, 15) is 0 Å². The maximum atomic E-state index is 6.87. The molecule has 7 atom stereocenters. The van der Waals surface area contributed by atoms with Crippen LogP contribution in [-0.2, 0) is 58.7 Å². The largest absolute Gasteiger partial charge is 0.464 e. The van der Waals surface area contributed by atoms with Crippen LogP contribution in [0.1, 0.15) is 47.1 Å². The van der Waals surface area contributed by atoms with Crippen LogP contribution >= 0.6 is 0 Å². The molecule has 4 saturated heterocycles. The van der Waals surface area contributed by atoms with Crippen molar-refractivity contribution in [2.75, 3.05) is 27.4 Å². The second-order valence-corrected chi connectivity index (χ2v) is 12.2. The van der Waals surface area contributed by atoms with E-state index in [1.54, 1.807) is 14.2 Å². The Kier molecular flexibility index (Phi) is 8.61. The summed E-state index contributed by atoms with van der Waals surface area (Å²) in [6.45, 7) is 15.8. The second kappa shape index (κ2) is 11.5. The summed E-state index contributed by atoms with van der Waals surface area (Å²) in [5, 5.41) is 0. The lowest BCUT2D eigenvalue weighted by molar-refractivity contribution is -0.334. The van der Waals surface area contributed by atoms with Crippen molar-refractivity contribution in [3.63, 3.8) is 0 Å². The molecule has 5 rings (SSSR count). The molecule has 0 aromatic heterocycles. The van der Waals surface area contributed by atoms with Crippen LogP contribution in [0.2, 0.25) is 0 Å². The van der Waals surface area contributed by atoms with E-state index in [0.717, 1.165) is 5.56 Å². The van der Waals surface area contributed by atoms with Crippen LogP contribution in [0.25, 0.3) is 0 Å². The lowest BCUT2D eigenvalue weighted by Gasteiger charge is -2.46. The monoisotopic (exact) mass is 580 g/mol. The summed E-state index contributed by atoms with van der Waals surface area (Å²) >= 11 is 0. The first-order valence-corrected chi connectivity index (χ1v) is 14.0. The molecule has 0 N–H and O–H groups in total. The van der Waals surface area contributed by atoms with Crippen molar-refractivity contribution in [3.8, 4) is 0 Å². The Bertz CT molecular complexity index is 1060. The van der Waals surface area contributed by atoms with Gasteiger partial charge in [-0.1, -0.05) is 36.9 Å². The van der Waals surface area contributed by atoms with E-state index in [0.29, 0.717) is 12.4 Å². The third kappa shape index (κ3) is 6.35. The Morgan fingerprint density at radius 1 is 0.902 bits per heavy atom. The van der Waals surface area contributed by atoms with E-state index in [-0.39, 0.29) is 13.2 Å². The molecule has 0 amide bonds. The summed E-state index contributed by atoms with van der Waals surface area (Å²) in [5.41, 5.74) is -0.278. The van der Waals surface area contributed by atoms with Crippen LogP contribution in [0.5, 0.6) is 0 Å². The topological polar surface area (TPSA) is 102 Å². The minimum atomic E-state index is -1.26. The van der Waals surface area contributed by atoms with Gasteiger partial charge in [-0.15, -0.1) is 0 Å². The zero-order valence-corrected chi connectivity index (χ0v) is 25.2. The van der Waals surface area contributed by atoms with Gasteiger partial charge in [0.25, 0.3) is 0 Å². The first-order valence-electron chi connectivity index (χ1n) is 14.0. The Balaban J connectivity index is 1.51. The smallest absolute Gasteiger partial charge is 0.229 e. The Morgan fingerprint density at radius 3 is 2.20 bits per heavy atom.